The third kappa shape index (κ3) is 13.1. The van der Waals surface area contributed by atoms with Crippen LogP contribution in [0, 0.1) is 17.8 Å². The lowest BCUT2D eigenvalue weighted by Crippen LogP contribution is -2.61. The first-order valence-electron chi connectivity index (χ1n) is 25.0. The summed E-state index contributed by atoms with van der Waals surface area (Å²) in [7, 11) is 5.80. The molecule has 2 aromatic rings. The monoisotopic (exact) mass is 953 g/mol. The van der Waals surface area contributed by atoms with Gasteiger partial charge < -0.3 is 62.7 Å². The molecule has 0 radical (unpaired) electrons. The van der Waals surface area contributed by atoms with E-state index in [1.165, 1.54) is 0 Å². The van der Waals surface area contributed by atoms with E-state index in [1.54, 1.807) is 20.3 Å². The zero-order chi connectivity index (χ0) is 49.4. The highest BCUT2D eigenvalue weighted by Gasteiger charge is 2.54. The molecule has 0 amide bonds. The molecule has 382 valence electrons. The van der Waals surface area contributed by atoms with Crippen LogP contribution in [0.3, 0.4) is 0 Å². The maximum Gasteiger partial charge on any atom is 0.311 e. The summed E-state index contributed by atoms with van der Waals surface area (Å²) in [6, 6.07) is 19.8. The number of nitrogens with zero attached hydrogens (tertiary/aromatic N) is 1. The predicted molar refractivity (Wildman–Crippen MR) is 259 cm³/mol. The minimum atomic E-state index is -1.60. The molecular formula is C54H84N2O12. The second-order valence-electron chi connectivity index (χ2n) is 21.0. The van der Waals surface area contributed by atoms with Crippen molar-refractivity contribution in [1.82, 2.24) is 10.2 Å². The van der Waals surface area contributed by atoms with Gasteiger partial charge in [0.05, 0.1) is 67.6 Å². The van der Waals surface area contributed by atoms with Gasteiger partial charge in [-0.2, -0.15) is 0 Å². The lowest BCUT2D eigenvalue weighted by molar-refractivity contribution is -0.326. The standard InChI is InChI=1S/C54H84N2O12/c1-14-43-54(10,58)48-38(6)55-31-34(2)29-53(9,63-27-21-26-60-48)47(68-51-46(42(56(11)12)28-35(3)64-51)61-32-40-22-17-15-18-23-40)36(4)45(37(5)50(57)66-43)67-44-30-52(8,59-13)49(39(7)65-44)62-33-41-24-19-16-20-25-41/h15-26,34-39,42-49,51,55,58H,14,27-33H2,1-13H3/b26-21+/t34-,35-,36+,37?,38-,39+,42+,43-,44+,45?,46-,47-,48+,49+,51+,52-,53-,54-/m1/s1. The van der Waals surface area contributed by atoms with Gasteiger partial charge in [-0.3, -0.25) is 4.79 Å². The summed E-state index contributed by atoms with van der Waals surface area (Å²) in [6.07, 6.45) is -1.24. The molecule has 7 rings (SSSR count). The molecular weight excluding hydrogens is 869 g/mol. The zero-order valence-electron chi connectivity index (χ0n) is 43.1. The normalized spacial score (nSPS) is 41.6. The molecule has 2 bridgehead atoms. The Morgan fingerprint density at radius 1 is 0.838 bits per heavy atom. The van der Waals surface area contributed by atoms with E-state index in [1.807, 2.05) is 96.1 Å². The van der Waals surface area contributed by atoms with Crippen LogP contribution in [0.25, 0.3) is 0 Å². The molecule has 0 aromatic heterocycles. The number of hydrogen-bond donors (Lipinski definition) is 2. The van der Waals surface area contributed by atoms with E-state index in [0.29, 0.717) is 39.0 Å². The summed E-state index contributed by atoms with van der Waals surface area (Å²) >= 11 is 0. The fourth-order valence-electron chi connectivity index (χ4n) is 11.1. The Bertz CT molecular complexity index is 1870. The highest BCUT2D eigenvalue weighted by molar-refractivity contribution is 5.73. The largest absolute Gasteiger partial charge is 0.493 e. The third-order valence-electron chi connectivity index (χ3n) is 15.0. The first kappa shape index (κ1) is 54.3. The van der Waals surface area contributed by atoms with Crippen LogP contribution < -0.4 is 5.32 Å². The number of ether oxygens (including phenoxy) is 10. The number of nitrogens with one attached hydrogen (secondary N) is 1. The Morgan fingerprint density at radius 3 is 2.10 bits per heavy atom. The van der Waals surface area contributed by atoms with E-state index in [9.17, 15) is 9.90 Å². The molecule has 68 heavy (non-hydrogen) atoms. The highest BCUT2D eigenvalue weighted by atomic mass is 16.7. The Hall–Kier alpha value is -2.99. The third-order valence-corrected chi connectivity index (χ3v) is 15.0. The first-order valence-corrected chi connectivity index (χ1v) is 25.0. The number of carbonyl (C=O) groups is 1. The average molecular weight is 953 g/mol. The zero-order valence-corrected chi connectivity index (χ0v) is 43.1. The van der Waals surface area contributed by atoms with Crippen LogP contribution in [0.5, 0.6) is 0 Å². The Labute approximate surface area is 407 Å². The van der Waals surface area contributed by atoms with E-state index >= 15 is 0 Å². The van der Waals surface area contributed by atoms with E-state index in [4.69, 9.17) is 47.4 Å². The first-order chi connectivity index (χ1) is 32.3. The van der Waals surface area contributed by atoms with E-state index in [-0.39, 0.29) is 30.7 Å². The summed E-state index contributed by atoms with van der Waals surface area (Å²) in [4.78, 5) is 17.1. The van der Waals surface area contributed by atoms with Gasteiger partial charge >= 0.3 is 5.97 Å². The molecule has 5 aliphatic rings. The molecule has 2 unspecified atom stereocenters. The van der Waals surface area contributed by atoms with Gasteiger partial charge in [0.25, 0.3) is 0 Å². The number of hydrogen-bond acceptors (Lipinski definition) is 14. The maximum atomic E-state index is 14.9. The highest BCUT2D eigenvalue weighted by Crippen LogP contribution is 2.42. The summed E-state index contributed by atoms with van der Waals surface area (Å²) in [5, 5.41) is 16.0. The second kappa shape index (κ2) is 24.0. The molecule has 3 saturated heterocycles. The molecule has 5 heterocycles. The summed E-state index contributed by atoms with van der Waals surface area (Å²) < 4.78 is 67.9. The minimum absolute atomic E-state index is 0.0418. The van der Waals surface area contributed by atoms with Crippen molar-refractivity contribution in [3.63, 3.8) is 0 Å². The molecule has 14 nitrogen and oxygen atoms in total. The number of aliphatic hydroxyl groups is 1. The van der Waals surface area contributed by atoms with Crippen molar-refractivity contribution >= 4 is 5.97 Å². The Balaban J connectivity index is 1.44. The summed E-state index contributed by atoms with van der Waals surface area (Å²) in [5.74, 6) is -1.96. The van der Waals surface area contributed by atoms with Crippen molar-refractivity contribution in [2.45, 2.75) is 198 Å². The maximum absolute atomic E-state index is 14.9. The van der Waals surface area contributed by atoms with Crippen molar-refractivity contribution in [2.75, 3.05) is 34.4 Å². The van der Waals surface area contributed by atoms with Crippen LogP contribution in [0.4, 0.5) is 0 Å². The molecule has 0 spiro atoms. The van der Waals surface area contributed by atoms with Crippen LogP contribution in [-0.2, 0) is 65.4 Å². The van der Waals surface area contributed by atoms with Crippen LogP contribution >= 0.6 is 0 Å². The van der Waals surface area contributed by atoms with Gasteiger partial charge in [-0.25, -0.2) is 0 Å². The summed E-state index contributed by atoms with van der Waals surface area (Å²) in [5.41, 5.74) is -1.35. The molecule has 2 N–H and O–H groups in total. The predicted octanol–water partition coefficient (Wildman–Crippen LogP) is 7.58. The summed E-state index contributed by atoms with van der Waals surface area (Å²) in [6.45, 7) is 21.2. The van der Waals surface area contributed by atoms with Gasteiger partial charge in [-0.1, -0.05) is 81.4 Å². The fourth-order valence-corrected chi connectivity index (χ4v) is 11.1. The number of benzene rings is 2. The van der Waals surface area contributed by atoms with Crippen LogP contribution in [-0.4, -0.2) is 141 Å². The second-order valence-corrected chi connectivity index (χ2v) is 21.0. The van der Waals surface area contributed by atoms with Crippen molar-refractivity contribution in [3.8, 4) is 0 Å². The van der Waals surface area contributed by atoms with Crippen molar-refractivity contribution in [1.29, 1.82) is 0 Å². The quantitative estimate of drug-likeness (QED) is 0.190. The smallest absolute Gasteiger partial charge is 0.311 e. The number of esters is 1. The lowest BCUT2D eigenvalue weighted by atomic mass is 9.77. The van der Waals surface area contributed by atoms with Gasteiger partial charge in [0.2, 0.25) is 0 Å². The van der Waals surface area contributed by atoms with E-state index < -0.39 is 89.9 Å². The van der Waals surface area contributed by atoms with E-state index in [0.717, 1.165) is 17.5 Å². The van der Waals surface area contributed by atoms with Crippen molar-refractivity contribution in [3.05, 3.63) is 84.1 Å². The van der Waals surface area contributed by atoms with Gasteiger partial charge in [0.15, 0.2) is 12.6 Å². The molecule has 0 aliphatic carbocycles. The van der Waals surface area contributed by atoms with Gasteiger partial charge in [0.1, 0.15) is 30.0 Å². The van der Waals surface area contributed by atoms with Crippen molar-refractivity contribution in [2.24, 2.45) is 17.8 Å². The number of rotatable bonds is 13. The van der Waals surface area contributed by atoms with Gasteiger partial charge in [0, 0.05) is 31.5 Å². The van der Waals surface area contributed by atoms with Crippen LogP contribution in [0.1, 0.15) is 106 Å². The number of likely N-dealkylation sites (N-methyl/N-ethyl adjacent to an activating group) is 1. The minimum Gasteiger partial charge on any atom is -0.493 e. The number of fused-ring (bicyclic) bond motifs is 14. The molecule has 5 aliphatic heterocycles. The fraction of sp³-hybridized carbons (Fsp3) is 0.722. The van der Waals surface area contributed by atoms with Gasteiger partial charge in [-0.15, -0.1) is 0 Å². The topological polar surface area (TPSA) is 145 Å². The van der Waals surface area contributed by atoms with Gasteiger partial charge in [-0.05, 0) is 111 Å². The molecule has 2 aromatic carbocycles. The Morgan fingerprint density at radius 2 is 1.49 bits per heavy atom. The number of methoxy groups -OCH3 is 1. The molecule has 3 fully saturated rings. The molecule has 0 saturated carbocycles. The van der Waals surface area contributed by atoms with E-state index in [2.05, 4.69) is 57.2 Å². The lowest BCUT2D eigenvalue weighted by Gasteiger charge is -2.50. The Kier molecular flexibility index (Phi) is 19.1. The van der Waals surface area contributed by atoms with Crippen molar-refractivity contribution < 1.29 is 57.3 Å². The molecule has 18 atom stereocenters. The molecule has 14 heteroatoms. The SMILES string of the molecule is CC[C@H]1OC(=O)C(C)C(O[C@H]2C[C@@](C)(OC)[C@@H](OCc3ccccc3)[C@H](C)O2)[C@H](C)[C@@H](O[C@@H]2O[C@H](C)C[C@H](N(C)C)[C@H]2OCc2ccccc2)[C@@]2(C)C[C@@H](C)CN[C@H](C)[C@H](O/C=C/CO2)[C@]1(C)O. The average Bonchev–Trinajstić information content (AvgIpc) is 3.30. The van der Waals surface area contributed by atoms with Crippen LogP contribution in [0.2, 0.25) is 0 Å². The van der Waals surface area contributed by atoms with Crippen LogP contribution in [0.15, 0.2) is 73.0 Å². The number of carbonyl (C=O) groups excluding carboxylic acids is 1.